The Morgan fingerprint density at radius 1 is 0.756 bits per heavy atom. The fourth-order valence-corrected chi connectivity index (χ4v) is 11.7. The smallest absolute Gasteiger partial charge is 0.186 e. The van der Waals surface area contributed by atoms with Gasteiger partial charge in [-0.3, -0.25) is 0 Å². The van der Waals surface area contributed by atoms with Crippen LogP contribution in [0.1, 0.15) is 92.4 Å². The summed E-state index contributed by atoms with van der Waals surface area (Å²) in [7, 11) is 0. The average molecular weight is 579 g/mol. The molecular formula is C33H54O8. The summed E-state index contributed by atoms with van der Waals surface area (Å²) < 4.78 is 26.1. The molecule has 8 heteroatoms. The predicted octanol–water partition coefficient (Wildman–Crippen LogP) is 3.62. The van der Waals surface area contributed by atoms with E-state index in [9.17, 15) is 20.4 Å². The summed E-state index contributed by atoms with van der Waals surface area (Å²) in [6, 6.07) is 0. The van der Waals surface area contributed by atoms with Gasteiger partial charge in [0.1, 0.15) is 18.3 Å². The highest BCUT2D eigenvalue weighted by atomic mass is 16.7. The summed E-state index contributed by atoms with van der Waals surface area (Å²) in [5, 5.41) is 42.4. The maximum absolute atomic E-state index is 10.8. The monoisotopic (exact) mass is 578 g/mol. The Morgan fingerprint density at radius 2 is 1.51 bits per heavy atom. The van der Waals surface area contributed by atoms with Crippen molar-refractivity contribution in [3.8, 4) is 0 Å². The van der Waals surface area contributed by atoms with E-state index in [1.165, 1.54) is 19.3 Å². The van der Waals surface area contributed by atoms with Gasteiger partial charge in [-0.05, 0) is 105 Å². The Balaban J connectivity index is 1.17. The van der Waals surface area contributed by atoms with Crippen LogP contribution < -0.4 is 0 Å². The minimum Gasteiger partial charge on any atom is -0.393 e. The molecule has 7 aliphatic rings. The van der Waals surface area contributed by atoms with Crippen LogP contribution in [-0.2, 0) is 18.9 Å². The quantitative estimate of drug-likeness (QED) is 0.367. The molecule has 0 aromatic carbocycles. The molecule has 4 saturated carbocycles. The molecule has 234 valence electrons. The van der Waals surface area contributed by atoms with E-state index in [1.807, 2.05) is 0 Å². The summed E-state index contributed by atoms with van der Waals surface area (Å²) in [6.45, 7) is 12.1. The Hall–Kier alpha value is -0.320. The minimum atomic E-state index is -1.31. The molecule has 0 aromatic heterocycles. The van der Waals surface area contributed by atoms with Gasteiger partial charge in [0.25, 0.3) is 0 Å². The second-order valence-electron chi connectivity index (χ2n) is 16.0. The SMILES string of the molecule is C[C@H]1CC[C@@]2(OC1)O[C@H]1C[C@H]3[C@@H]4C[C@H](O[C@H]5O[C@@H](C)[C@H](O)[C@@H](O)[C@@H]5O)[C@H]5C[C@@H](O)CC[C@]5(C)[C@H]4CC[C@]3(C)[C@H]1[C@@H]2C. The molecule has 0 amide bonds. The highest BCUT2D eigenvalue weighted by molar-refractivity contribution is 5.16. The zero-order valence-corrected chi connectivity index (χ0v) is 25.7. The number of rotatable bonds is 2. The minimum absolute atomic E-state index is 0.0333. The molecule has 3 heterocycles. The number of aliphatic hydroxyl groups is 4. The van der Waals surface area contributed by atoms with E-state index in [-0.39, 0.29) is 35.1 Å². The average Bonchev–Trinajstić information content (AvgIpc) is 3.38. The summed E-state index contributed by atoms with van der Waals surface area (Å²) in [6.07, 6.45) is 3.25. The fourth-order valence-electron chi connectivity index (χ4n) is 11.7. The van der Waals surface area contributed by atoms with Crippen LogP contribution in [0.2, 0.25) is 0 Å². The van der Waals surface area contributed by atoms with E-state index in [2.05, 4.69) is 27.7 Å². The highest BCUT2D eigenvalue weighted by Gasteiger charge is 2.70. The molecule has 0 radical (unpaired) electrons. The summed E-state index contributed by atoms with van der Waals surface area (Å²) in [4.78, 5) is 0. The van der Waals surface area contributed by atoms with Crippen molar-refractivity contribution in [2.75, 3.05) is 6.61 Å². The van der Waals surface area contributed by atoms with E-state index in [1.54, 1.807) is 6.92 Å². The lowest BCUT2D eigenvalue weighted by Crippen LogP contribution is -2.62. The zero-order chi connectivity index (χ0) is 29.1. The normalized spacial score (nSPS) is 62.1. The molecule has 0 unspecified atom stereocenters. The van der Waals surface area contributed by atoms with Crippen LogP contribution in [0.15, 0.2) is 0 Å². The van der Waals surface area contributed by atoms with Crippen molar-refractivity contribution in [2.24, 2.45) is 52.3 Å². The predicted molar refractivity (Wildman–Crippen MR) is 150 cm³/mol. The first-order valence-corrected chi connectivity index (χ1v) is 16.7. The van der Waals surface area contributed by atoms with Crippen LogP contribution in [0, 0.1) is 52.3 Å². The Morgan fingerprint density at radius 3 is 2.24 bits per heavy atom. The second-order valence-corrected chi connectivity index (χ2v) is 16.0. The van der Waals surface area contributed by atoms with Crippen molar-refractivity contribution in [1.82, 2.24) is 0 Å². The molecule has 3 aliphatic heterocycles. The van der Waals surface area contributed by atoms with E-state index in [0.29, 0.717) is 41.9 Å². The zero-order valence-electron chi connectivity index (χ0n) is 25.7. The number of aliphatic hydroxyl groups excluding tert-OH is 4. The first-order valence-electron chi connectivity index (χ1n) is 16.7. The van der Waals surface area contributed by atoms with E-state index in [4.69, 9.17) is 18.9 Å². The van der Waals surface area contributed by atoms with Crippen LogP contribution in [0.5, 0.6) is 0 Å². The van der Waals surface area contributed by atoms with Crippen molar-refractivity contribution in [3.05, 3.63) is 0 Å². The first-order chi connectivity index (χ1) is 19.4. The third kappa shape index (κ3) is 4.28. The second kappa shape index (κ2) is 10.1. The molecule has 1 spiro atoms. The molecule has 7 fully saturated rings. The molecule has 0 aromatic rings. The fraction of sp³-hybridized carbons (Fsp3) is 1.00. The molecule has 0 bridgehead atoms. The van der Waals surface area contributed by atoms with Gasteiger partial charge in [0.05, 0.1) is 31.0 Å². The lowest BCUT2D eigenvalue weighted by molar-refractivity contribution is -0.322. The van der Waals surface area contributed by atoms with Gasteiger partial charge < -0.3 is 39.4 Å². The number of ether oxygens (including phenoxy) is 4. The molecule has 7 rings (SSSR count). The number of hydrogen-bond acceptors (Lipinski definition) is 8. The van der Waals surface area contributed by atoms with E-state index in [0.717, 1.165) is 38.7 Å². The van der Waals surface area contributed by atoms with Gasteiger partial charge in [-0.15, -0.1) is 0 Å². The topological polar surface area (TPSA) is 118 Å². The first kappa shape index (κ1) is 29.4. The van der Waals surface area contributed by atoms with Gasteiger partial charge in [-0.25, -0.2) is 0 Å². The summed E-state index contributed by atoms with van der Waals surface area (Å²) in [5.41, 5.74) is 0.213. The Bertz CT molecular complexity index is 984. The maximum atomic E-state index is 10.8. The Labute approximate surface area is 245 Å². The van der Waals surface area contributed by atoms with Gasteiger partial charge >= 0.3 is 0 Å². The van der Waals surface area contributed by atoms with Crippen LogP contribution in [0.4, 0.5) is 0 Å². The van der Waals surface area contributed by atoms with Crippen LogP contribution in [-0.4, -0.2) is 81.8 Å². The van der Waals surface area contributed by atoms with Crippen molar-refractivity contribution >= 4 is 0 Å². The van der Waals surface area contributed by atoms with E-state index >= 15 is 0 Å². The Kier molecular flexibility index (Phi) is 7.24. The molecule has 4 aliphatic carbocycles. The molecule has 41 heavy (non-hydrogen) atoms. The van der Waals surface area contributed by atoms with Gasteiger partial charge in [0.2, 0.25) is 0 Å². The number of fused-ring (bicyclic) bond motifs is 7. The van der Waals surface area contributed by atoms with Crippen molar-refractivity contribution in [2.45, 2.75) is 147 Å². The third-order valence-corrected chi connectivity index (χ3v) is 14.0. The maximum Gasteiger partial charge on any atom is 0.186 e. The molecule has 18 atom stereocenters. The lowest BCUT2D eigenvalue weighted by atomic mass is 9.43. The summed E-state index contributed by atoms with van der Waals surface area (Å²) >= 11 is 0. The van der Waals surface area contributed by atoms with Crippen LogP contribution in [0.3, 0.4) is 0 Å². The third-order valence-electron chi connectivity index (χ3n) is 14.0. The van der Waals surface area contributed by atoms with Crippen LogP contribution >= 0.6 is 0 Å². The van der Waals surface area contributed by atoms with Crippen molar-refractivity contribution in [3.63, 3.8) is 0 Å². The van der Waals surface area contributed by atoms with E-state index < -0.39 is 36.5 Å². The van der Waals surface area contributed by atoms with Gasteiger partial charge in [-0.1, -0.05) is 27.7 Å². The molecular weight excluding hydrogens is 524 g/mol. The standard InChI is InChI=1S/C33H54O8/c1-16-6-11-33(38-15-16)17(2)26-25(41-33)14-22-20-13-24(40-30-29(37)28(36)27(35)18(3)39-30)23-12-19(34)7-9-31(23,4)21(20)8-10-32(22,26)5/h16-30,34-37H,6-15H2,1-5H3/t16-,17-,18-,19-,20+,21-,22-,23+,24-,25-,26-,27-,28+,29-,30+,31+,32-,33+/m0/s1. The molecule has 8 nitrogen and oxygen atoms in total. The van der Waals surface area contributed by atoms with Gasteiger partial charge in [0.15, 0.2) is 12.1 Å². The molecule has 3 saturated heterocycles. The molecule has 4 N–H and O–H groups in total. The van der Waals surface area contributed by atoms with Crippen molar-refractivity contribution < 1.29 is 39.4 Å². The number of hydrogen-bond donors (Lipinski definition) is 4. The van der Waals surface area contributed by atoms with Gasteiger partial charge in [-0.2, -0.15) is 0 Å². The highest BCUT2D eigenvalue weighted by Crippen LogP contribution is 2.71. The van der Waals surface area contributed by atoms with Crippen molar-refractivity contribution in [1.29, 1.82) is 0 Å². The van der Waals surface area contributed by atoms with Crippen LogP contribution in [0.25, 0.3) is 0 Å². The lowest BCUT2D eigenvalue weighted by Gasteiger charge is -2.63. The largest absolute Gasteiger partial charge is 0.393 e. The summed E-state index contributed by atoms with van der Waals surface area (Å²) in [5.74, 6) is 2.75. The van der Waals surface area contributed by atoms with Gasteiger partial charge in [0, 0.05) is 12.3 Å².